The predicted octanol–water partition coefficient (Wildman–Crippen LogP) is 3.38. The molecule has 30 heavy (non-hydrogen) atoms. The van der Waals surface area contributed by atoms with Crippen LogP contribution in [0.15, 0.2) is 71.7 Å². The third kappa shape index (κ3) is 2.97. The summed E-state index contributed by atoms with van der Waals surface area (Å²) in [4.78, 5) is 28.7. The van der Waals surface area contributed by atoms with Crippen LogP contribution in [-0.4, -0.2) is 46.7 Å². The zero-order valence-corrected chi connectivity index (χ0v) is 16.6. The van der Waals surface area contributed by atoms with Crippen LogP contribution in [0.2, 0.25) is 0 Å². The highest BCUT2D eigenvalue weighted by atomic mass is 16.5. The molecule has 1 saturated heterocycles. The standard InChI is InChI=1S/C24H21N3O3/c1-30-18-11-12-26(15-18)23(28)21-13-20(16-7-3-2-4-8-16)24(29)27-22(21)19-10-6-5-9-17(19)14-25-27/h2-10,13-14,18H,11-12,15H2,1H3. The van der Waals surface area contributed by atoms with Crippen LogP contribution in [0.4, 0.5) is 0 Å². The summed E-state index contributed by atoms with van der Waals surface area (Å²) in [7, 11) is 1.67. The molecule has 5 rings (SSSR count). The van der Waals surface area contributed by atoms with E-state index in [1.54, 1.807) is 24.3 Å². The van der Waals surface area contributed by atoms with Gasteiger partial charge in [-0.05, 0) is 18.1 Å². The van der Waals surface area contributed by atoms with Gasteiger partial charge in [0.1, 0.15) is 0 Å². The highest BCUT2D eigenvalue weighted by Gasteiger charge is 2.29. The molecule has 0 aliphatic carbocycles. The number of carbonyl (C=O) groups excluding carboxylic acids is 1. The molecule has 0 N–H and O–H groups in total. The van der Waals surface area contributed by atoms with E-state index in [2.05, 4.69) is 5.10 Å². The number of amides is 1. The van der Waals surface area contributed by atoms with Gasteiger partial charge in [-0.3, -0.25) is 9.59 Å². The van der Waals surface area contributed by atoms with E-state index in [1.165, 1.54) is 4.52 Å². The van der Waals surface area contributed by atoms with Crippen molar-refractivity contribution in [1.29, 1.82) is 0 Å². The van der Waals surface area contributed by atoms with E-state index in [9.17, 15) is 9.59 Å². The summed E-state index contributed by atoms with van der Waals surface area (Å²) in [6.07, 6.45) is 2.51. The van der Waals surface area contributed by atoms with E-state index in [-0.39, 0.29) is 17.6 Å². The van der Waals surface area contributed by atoms with Crippen LogP contribution in [-0.2, 0) is 4.74 Å². The van der Waals surface area contributed by atoms with Gasteiger partial charge >= 0.3 is 0 Å². The molecule has 1 amide bonds. The Morgan fingerprint density at radius 1 is 1.10 bits per heavy atom. The van der Waals surface area contributed by atoms with Gasteiger partial charge < -0.3 is 9.64 Å². The average molecular weight is 399 g/mol. The highest BCUT2D eigenvalue weighted by molar-refractivity contribution is 6.09. The van der Waals surface area contributed by atoms with Gasteiger partial charge in [-0.2, -0.15) is 9.61 Å². The Labute approximate surface area is 173 Å². The second kappa shape index (κ2) is 7.39. The molecule has 4 aromatic rings. The number of likely N-dealkylation sites (tertiary alicyclic amines) is 1. The van der Waals surface area contributed by atoms with E-state index in [1.807, 2.05) is 54.6 Å². The van der Waals surface area contributed by atoms with Crippen LogP contribution in [0.5, 0.6) is 0 Å². The second-order valence-corrected chi connectivity index (χ2v) is 7.53. The number of hydrogen-bond acceptors (Lipinski definition) is 4. The normalized spacial score (nSPS) is 16.4. The molecule has 1 atom stereocenters. The molecule has 3 heterocycles. The first-order valence-corrected chi connectivity index (χ1v) is 9.98. The zero-order valence-electron chi connectivity index (χ0n) is 16.6. The molecule has 6 heteroatoms. The van der Waals surface area contributed by atoms with Crippen LogP contribution in [0.25, 0.3) is 27.4 Å². The van der Waals surface area contributed by atoms with Gasteiger partial charge in [0.05, 0.1) is 23.4 Å². The fourth-order valence-corrected chi connectivity index (χ4v) is 4.18. The summed E-state index contributed by atoms with van der Waals surface area (Å²) in [5.74, 6) is -0.109. The maximum absolute atomic E-state index is 13.6. The number of ether oxygens (including phenoxy) is 1. The molecule has 2 aromatic heterocycles. The zero-order chi connectivity index (χ0) is 20.7. The molecule has 2 aromatic carbocycles. The Kier molecular flexibility index (Phi) is 4.56. The molecule has 1 unspecified atom stereocenters. The highest BCUT2D eigenvalue weighted by Crippen LogP contribution is 2.27. The number of methoxy groups -OCH3 is 1. The molecule has 0 spiro atoms. The fourth-order valence-electron chi connectivity index (χ4n) is 4.18. The minimum atomic E-state index is -0.241. The quantitative estimate of drug-likeness (QED) is 0.496. The lowest BCUT2D eigenvalue weighted by Gasteiger charge is -2.19. The fraction of sp³-hybridized carbons (Fsp3) is 0.208. The Balaban J connectivity index is 1.80. The van der Waals surface area contributed by atoms with Crippen molar-refractivity contribution in [2.24, 2.45) is 0 Å². The van der Waals surface area contributed by atoms with E-state index < -0.39 is 0 Å². The molecular weight excluding hydrogens is 378 g/mol. The van der Waals surface area contributed by atoms with Crippen molar-refractivity contribution in [3.63, 3.8) is 0 Å². The molecule has 150 valence electrons. The number of aromatic nitrogens is 2. The Hall–Kier alpha value is -3.51. The summed E-state index contributed by atoms with van der Waals surface area (Å²) in [6.45, 7) is 1.17. The summed E-state index contributed by atoms with van der Waals surface area (Å²) >= 11 is 0. The smallest absolute Gasteiger partial charge is 0.279 e. The lowest BCUT2D eigenvalue weighted by molar-refractivity contribution is 0.0725. The van der Waals surface area contributed by atoms with Gasteiger partial charge in [0, 0.05) is 36.5 Å². The van der Waals surface area contributed by atoms with Crippen LogP contribution in [0, 0.1) is 0 Å². The maximum Gasteiger partial charge on any atom is 0.279 e. The number of rotatable bonds is 3. The van der Waals surface area contributed by atoms with Crippen molar-refractivity contribution in [2.75, 3.05) is 20.2 Å². The van der Waals surface area contributed by atoms with Crippen molar-refractivity contribution in [3.05, 3.63) is 82.8 Å². The molecular formula is C24H21N3O3. The third-order valence-electron chi connectivity index (χ3n) is 5.79. The van der Waals surface area contributed by atoms with Crippen LogP contribution >= 0.6 is 0 Å². The molecule has 0 radical (unpaired) electrons. The summed E-state index contributed by atoms with van der Waals surface area (Å²) < 4.78 is 6.80. The number of hydrogen-bond donors (Lipinski definition) is 0. The van der Waals surface area contributed by atoms with Crippen LogP contribution < -0.4 is 5.56 Å². The lowest BCUT2D eigenvalue weighted by atomic mass is 10.0. The first kappa shape index (κ1) is 18.5. The third-order valence-corrected chi connectivity index (χ3v) is 5.79. The molecule has 6 nitrogen and oxygen atoms in total. The summed E-state index contributed by atoms with van der Waals surface area (Å²) in [5, 5.41) is 6.12. The van der Waals surface area contributed by atoms with Crippen molar-refractivity contribution >= 4 is 22.2 Å². The van der Waals surface area contributed by atoms with E-state index in [0.717, 1.165) is 22.8 Å². The first-order chi connectivity index (χ1) is 14.7. The molecule has 1 fully saturated rings. The average Bonchev–Trinajstić information content (AvgIpc) is 3.29. The van der Waals surface area contributed by atoms with Gasteiger partial charge in [-0.25, -0.2) is 0 Å². The number of nitrogens with zero attached hydrogens (tertiary/aromatic N) is 3. The van der Waals surface area contributed by atoms with Gasteiger partial charge in [-0.15, -0.1) is 0 Å². The minimum absolute atomic E-state index is 0.0371. The maximum atomic E-state index is 13.6. The predicted molar refractivity (Wildman–Crippen MR) is 116 cm³/mol. The van der Waals surface area contributed by atoms with Gasteiger partial charge in [-0.1, -0.05) is 54.6 Å². The van der Waals surface area contributed by atoms with Crippen molar-refractivity contribution in [1.82, 2.24) is 14.5 Å². The molecule has 0 bridgehead atoms. The number of carbonyl (C=O) groups is 1. The second-order valence-electron chi connectivity index (χ2n) is 7.53. The largest absolute Gasteiger partial charge is 0.380 e. The van der Waals surface area contributed by atoms with Gasteiger partial charge in [0.25, 0.3) is 11.5 Å². The van der Waals surface area contributed by atoms with E-state index in [0.29, 0.717) is 29.7 Å². The summed E-state index contributed by atoms with van der Waals surface area (Å²) in [6, 6.07) is 18.8. The first-order valence-electron chi connectivity index (χ1n) is 9.98. The number of fused-ring (bicyclic) bond motifs is 3. The molecule has 0 saturated carbocycles. The number of pyridine rings is 1. The van der Waals surface area contributed by atoms with Crippen LogP contribution in [0.3, 0.4) is 0 Å². The minimum Gasteiger partial charge on any atom is -0.380 e. The monoisotopic (exact) mass is 399 g/mol. The Morgan fingerprint density at radius 3 is 2.63 bits per heavy atom. The van der Waals surface area contributed by atoms with Crippen molar-refractivity contribution in [3.8, 4) is 11.1 Å². The Morgan fingerprint density at radius 2 is 1.87 bits per heavy atom. The summed E-state index contributed by atoms with van der Waals surface area (Å²) in [5.41, 5.74) is 2.01. The molecule has 1 aliphatic rings. The Bertz CT molecular complexity index is 1310. The van der Waals surface area contributed by atoms with E-state index in [4.69, 9.17) is 4.74 Å². The van der Waals surface area contributed by atoms with Crippen molar-refractivity contribution in [2.45, 2.75) is 12.5 Å². The topological polar surface area (TPSA) is 63.9 Å². The lowest BCUT2D eigenvalue weighted by Crippen LogP contribution is -2.32. The van der Waals surface area contributed by atoms with Crippen molar-refractivity contribution < 1.29 is 9.53 Å². The van der Waals surface area contributed by atoms with Gasteiger partial charge in [0.15, 0.2) is 0 Å². The SMILES string of the molecule is COC1CCN(C(=O)c2cc(-c3ccccc3)c(=O)n3ncc4ccccc4c23)C1. The van der Waals surface area contributed by atoms with Gasteiger partial charge in [0.2, 0.25) is 0 Å². The van der Waals surface area contributed by atoms with E-state index >= 15 is 0 Å². The van der Waals surface area contributed by atoms with Crippen LogP contribution in [0.1, 0.15) is 16.8 Å². The molecule has 1 aliphatic heterocycles. The number of benzene rings is 2.